The maximum Gasteiger partial charge on any atom is 0.123 e. The van der Waals surface area contributed by atoms with E-state index in [-0.39, 0.29) is 11.2 Å². The summed E-state index contributed by atoms with van der Waals surface area (Å²) in [5, 5.41) is 9.17. The largest absolute Gasteiger partial charge is 0.207 e. The van der Waals surface area contributed by atoms with Crippen LogP contribution >= 0.6 is 0 Å². The second-order valence-electron chi connectivity index (χ2n) is 3.90. The molecule has 0 saturated heterocycles. The molecule has 1 nitrogen and oxygen atoms in total. The van der Waals surface area contributed by atoms with Crippen LogP contribution in [0.3, 0.4) is 0 Å². The molecule has 1 aromatic carbocycles. The van der Waals surface area contributed by atoms with Crippen molar-refractivity contribution < 1.29 is 4.39 Å². The van der Waals surface area contributed by atoms with Gasteiger partial charge < -0.3 is 0 Å². The predicted octanol–water partition coefficient (Wildman–Crippen LogP) is 3.70. The molecule has 0 aliphatic rings. The lowest BCUT2D eigenvalue weighted by Crippen LogP contribution is -2.19. The van der Waals surface area contributed by atoms with Gasteiger partial charge in [-0.05, 0) is 37.0 Å². The molecule has 0 aliphatic heterocycles. The van der Waals surface area contributed by atoms with Gasteiger partial charge in [-0.25, -0.2) is 4.39 Å². The van der Waals surface area contributed by atoms with Crippen molar-refractivity contribution >= 4 is 0 Å². The Morgan fingerprint density at radius 1 is 1.20 bits per heavy atom. The molecule has 0 amide bonds. The number of hydrogen-bond acceptors (Lipinski definition) is 1. The van der Waals surface area contributed by atoms with Crippen molar-refractivity contribution in [3.05, 3.63) is 35.6 Å². The van der Waals surface area contributed by atoms with Crippen LogP contribution in [0.5, 0.6) is 0 Å². The Hall–Kier alpha value is -1.36. The zero-order chi connectivity index (χ0) is 11.3. The second kappa shape index (κ2) is 4.93. The van der Waals surface area contributed by atoms with Crippen LogP contribution in [0.1, 0.15) is 32.3 Å². The fraction of sp³-hybridized carbons (Fsp3) is 0.462. The minimum absolute atomic E-state index is 0.227. The minimum atomic E-state index is -0.294. The molecule has 80 valence electrons. The highest BCUT2D eigenvalue weighted by atomic mass is 19.1. The molecule has 0 unspecified atom stereocenters. The number of nitrogens with zero attached hydrogens (tertiary/aromatic N) is 1. The SMILES string of the molecule is CCC(C#N)(CC)Cc1ccc(F)cc1. The van der Waals surface area contributed by atoms with E-state index in [2.05, 4.69) is 6.07 Å². The Balaban J connectivity index is 2.84. The van der Waals surface area contributed by atoms with Crippen molar-refractivity contribution in [2.45, 2.75) is 33.1 Å². The Morgan fingerprint density at radius 2 is 1.73 bits per heavy atom. The van der Waals surface area contributed by atoms with Crippen molar-refractivity contribution in [1.82, 2.24) is 0 Å². The van der Waals surface area contributed by atoms with Crippen molar-refractivity contribution in [2.75, 3.05) is 0 Å². The molecule has 1 aromatic rings. The van der Waals surface area contributed by atoms with Crippen LogP contribution in [-0.4, -0.2) is 0 Å². The van der Waals surface area contributed by atoms with Gasteiger partial charge in [-0.3, -0.25) is 0 Å². The molecule has 0 bridgehead atoms. The molecule has 0 saturated carbocycles. The maximum atomic E-state index is 12.7. The van der Waals surface area contributed by atoms with Gasteiger partial charge >= 0.3 is 0 Å². The number of hydrogen-bond donors (Lipinski definition) is 0. The van der Waals surface area contributed by atoms with Crippen LogP contribution < -0.4 is 0 Å². The summed E-state index contributed by atoms with van der Waals surface area (Å²) in [7, 11) is 0. The molecule has 0 radical (unpaired) electrons. The lowest BCUT2D eigenvalue weighted by molar-refractivity contribution is 0.363. The molecule has 0 fully saturated rings. The van der Waals surface area contributed by atoms with E-state index in [1.807, 2.05) is 13.8 Å². The summed E-state index contributed by atoms with van der Waals surface area (Å²) in [4.78, 5) is 0. The summed E-state index contributed by atoms with van der Waals surface area (Å²) in [5.41, 5.74) is 0.735. The third-order valence-electron chi connectivity index (χ3n) is 3.05. The van der Waals surface area contributed by atoms with Gasteiger partial charge in [0.2, 0.25) is 0 Å². The molecule has 0 aromatic heterocycles. The first-order valence-corrected chi connectivity index (χ1v) is 5.31. The van der Waals surface area contributed by atoms with Gasteiger partial charge in [0.1, 0.15) is 5.82 Å². The Bertz CT molecular complexity index is 344. The summed E-state index contributed by atoms with van der Waals surface area (Å²) in [6.45, 7) is 4.05. The molecule has 0 atom stereocenters. The standard InChI is InChI=1S/C13H16FN/c1-3-13(4-2,10-15)9-11-5-7-12(14)8-6-11/h5-8H,3-4,9H2,1-2H3. The lowest BCUT2D eigenvalue weighted by Gasteiger charge is -2.23. The Labute approximate surface area is 90.5 Å². The van der Waals surface area contributed by atoms with Crippen molar-refractivity contribution in [3.63, 3.8) is 0 Å². The van der Waals surface area contributed by atoms with Gasteiger partial charge in [0, 0.05) is 0 Å². The number of benzene rings is 1. The van der Waals surface area contributed by atoms with Crippen LogP contribution in [0, 0.1) is 22.6 Å². The van der Waals surface area contributed by atoms with E-state index in [1.54, 1.807) is 12.1 Å². The highest BCUT2D eigenvalue weighted by Crippen LogP contribution is 2.29. The van der Waals surface area contributed by atoms with Crippen LogP contribution in [-0.2, 0) is 6.42 Å². The zero-order valence-corrected chi connectivity index (χ0v) is 9.26. The average molecular weight is 205 g/mol. The Kier molecular flexibility index (Phi) is 3.85. The maximum absolute atomic E-state index is 12.7. The average Bonchev–Trinajstić information content (AvgIpc) is 2.29. The first kappa shape index (κ1) is 11.7. The Morgan fingerprint density at radius 3 is 2.13 bits per heavy atom. The summed E-state index contributed by atoms with van der Waals surface area (Å²) in [5.74, 6) is -0.227. The predicted molar refractivity (Wildman–Crippen MR) is 58.7 cm³/mol. The molecule has 1 rings (SSSR count). The monoisotopic (exact) mass is 205 g/mol. The molecule has 2 heteroatoms. The van der Waals surface area contributed by atoms with E-state index >= 15 is 0 Å². The van der Waals surface area contributed by atoms with Gasteiger partial charge in [-0.2, -0.15) is 5.26 Å². The van der Waals surface area contributed by atoms with E-state index in [4.69, 9.17) is 5.26 Å². The topological polar surface area (TPSA) is 23.8 Å². The van der Waals surface area contributed by atoms with E-state index in [1.165, 1.54) is 12.1 Å². The van der Waals surface area contributed by atoms with E-state index < -0.39 is 0 Å². The molecule has 0 spiro atoms. The van der Waals surface area contributed by atoms with Crippen molar-refractivity contribution in [2.24, 2.45) is 5.41 Å². The van der Waals surface area contributed by atoms with Crippen LogP contribution in [0.25, 0.3) is 0 Å². The van der Waals surface area contributed by atoms with Crippen LogP contribution in [0.4, 0.5) is 4.39 Å². The summed E-state index contributed by atoms with van der Waals surface area (Å²) < 4.78 is 12.7. The summed E-state index contributed by atoms with van der Waals surface area (Å²) >= 11 is 0. The van der Waals surface area contributed by atoms with Crippen molar-refractivity contribution in [1.29, 1.82) is 5.26 Å². The smallest absolute Gasteiger partial charge is 0.123 e. The van der Waals surface area contributed by atoms with E-state index in [9.17, 15) is 4.39 Å². The van der Waals surface area contributed by atoms with Crippen LogP contribution in [0.2, 0.25) is 0 Å². The van der Waals surface area contributed by atoms with E-state index in [0.717, 1.165) is 18.4 Å². The second-order valence-corrected chi connectivity index (χ2v) is 3.90. The first-order chi connectivity index (χ1) is 7.15. The molecular weight excluding hydrogens is 189 g/mol. The molecule has 0 N–H and O–H groups in total. The number of rotatable bonds is 4. The first-order valence-electron chi connectivity index (χ1n) is 5.31. The molecule has 0 heterocycles. The van der Waals surface area contributed by atoms with E-state index in [0.29, 0.717) is 6.42 Å². The summed E-state index contributed by atoms with van der Waals surface area (Å²) in [6, 6.07) is 8.79. The van der Waals surface area contributed by atoms with Gasteiger partial charge in [0.15, 0.2) is 0 Å². The number of halogens is 1. The fourth-order valence-corrected chi connectivity index (χ4v) is 1.69. The van der Waals surface area contributed by atoms with Gasteiger partial charge in [-0.1, -0.05) is 26.0 Å². The normalized spacial score (nSPS) is 11.1. The third kappa shape index (κ3) is 2.79. The highest BCUT2D eigenvalue weighted by Gasteiger charge is 2.25. The summed E-state index contributed by atoms with van der Waals surface area (Å²) in [6.07, 6.45) is 2.37. The quantitative estimate of drug-likeness (QED) is 0.735. The lowest BCUT2D eigenvalue weighted by atomic mass is 9.78. The molecule has 15 heavy (non-hydrogen) atoms. The van der Waals surface area contributed by atoms with Gasteiger partial charge in [0.05, 0.1) is 11.5 Å². The molecule has 0 aliphatic carbocycles. The third-order valence-corrected chi connectivity index (χ3v) is 3.05. The van der Waals surface area contributed by atoms with Gasteiger partial charge in [-0.15, -0.1) is 0 Å². The van der Waals surface area contributed by atoms with Crippen LogP contribution in [0.15, 0.2) is 24.3 Å². The fourth-order valence-electron chi connectivity index (χ4n) is 1.69. The highest BCUT2D eigenvalue weighted by molar-refractivity contribution is 5.20. The number of nitriles is 1. The zero-order valence-electron chi connectivity index (χ0n) is 9.26. The minimum Gasteiger partial charge on any atom is -0.207 e. The molecular formula is C13H16FN. The van der Waals surface area contributed by atoms with Gasteiger partial charge in [0.25, 0.3) is 0 Å². The van der Waals surface area contributed by atoms with Crippen molar-refractivity contribution in [3.8, 4) is 6.07 Å².